The van der Waals surface area contributed by atoms with Crippen molar-refractivity contribution in [1.82, 2.24) is 0 Å². The van der Waals surface area contributed by atoms with E-state index in [4.69, 9.17) is 9.15 Å². The SMILES string of the molecule is CC1CCCC(Oc2ccc3ccc(=O)oc3c2)C1. The van der Waals surface area contributed by atoms with Gasteiger partial charge in [-0.1, -0.05) is 13.3 Å². The Balaban J connectivity index is 1.82. The molecule has 3 nitrogen and oxygen atoms in total. The van der Waals surface area contributed by atoms with Crippen molar-refractivity contribution in [3.8, 4) is 5.75 Å². The molecule has 0 aliphatic heterocycles. The molecule has 2 unspecified atom stereocenters. The highest BCUT2D eigenvalue weighted by molar-refractivity contribution is 5.77. The highest BCUT2D eigenvalue weighted by Crippen LogP contribution is 2.28. The normalized spacial score (nSPS) is 23.4. The van der Waals surface area contributed by atoms with E-state index in [1.54, 1.807) is 6.07 Å². The van der Waals surface area contributed by atoms with E-state index in [1.807, 2.05) is 18.2 Å². The molecule has 0 saturated heterocycles. The summed E-state index contributed by atoms with van der Waals surface area (Å²) in [5, 5.41) is 0.920. The summed E-state index contributed by atoms with van der Waals surface area (Å²) in [4.78, 5) is 11.2. The lowest BCUT2D eigenvalue weighted by Gasteiger charge is -2.27. The summed E-state index contributed by atoms with van der Waals surface area (Å²) in [6.07, 6.45) is 5.04. The van der Waals surface area contributed by atoms with Crippen LogP contribution in [0.4, 0.5) is 0 Å². The Morgan fingerprint density at radius 1 is 1.21 bits per heavy atom. The lowest BCUT2D eigenvalue weighted by atomic mass is 9.89. The zero-order valence-electron chi connectivity index (χ0n) is 11.1. The molecule has 3 rings (SSSR count). The fourth-order valence-electron chi connectivity index (χ4n) is 2.79. The molecule has 100 valence electrons. The Hall–Kier alpha value is -1.77. The first-order valence-corrected chi connectivity index (χ1v) is 6.91. The molecule has 19 heavy (non-hydrogen) atoms. The second-order valence-electron chi connectivity index (χ2n) is 5.47. The van der Waals surface area contributed by atoms with Gasteiger partial charge in [0.2, 0.25) is 0 Å². The van der Waals surface area contributed by atoms with Gasteiger partial charge in [-0.25, -0.2) is 4.79 Å². The topological polar surface area (TPSA) is 39.4 Å². The molecule has 1 aromatic heterocycles. The van der Waals surface area contributed by atoms with Crippen molar-refractivity contribution in [2.45, 2.75) is 38.7 Å². The molecule has 1 aliphatic carbocycles. The number of hydrogen-bond donors (Lipinski definition) is 0. The lowest BCUT2D eigenvalue weighted by Crippen LogP contribution is -2.24. The van der Waals surface area contributed by atoms with Crippen molar-refractivity contribution in [2.75, 3.05) is 0 Å². The highest BCUT2D eigenvalue weighted by Gasteiger charge is 2.20. The fourth-order valence-corrected chi connectivity index (χ4v) is 2.79. The predicted molar refractivity (Wildman–Crippen MR) is 74.5 cm³/mol. The van der Waals surface area contributed by atoms with E-state index in [-0.39, 0.29) is 11.7 Å². The van der Waals surface area contributed by atoms with Crippen LogP contribution in [0, 0.1) is 5.92 Å². The maximum atomic E-state index is 11.2. The van der Waals surface area contributed by atoms with E-state index >= 15 is 0 Å². The molecule has 0 radical (unpaired) electrons. The second kappa shape index (κ2) is 5.08. The smallest absolute Gasteiger partial charge is 0.336 e. The first-order chi connectivity index (χ1) is 9.20. The van der Waals surface area contributed by atoms with Crippen LogP contribution in [0.5, 0.6) is 5.75 Å². The average molecular weight is 258 g/mol. The Morgan fingerprint density at radius 2 is 2.05 bits per heavy atom. The van der Waals surface area contributed by atoms with Crippen LogP contribution in [0.3, 0.4) is 0 Å². The highest BCUT2D eigenvalue weighted by atomic mass is 16.5. The summed E-state index contributed by atoms with van der Waals surface area (Å²) in [6.45, 7) is 2.27. The van der Waals surface area contributed by atoms with Gasteiger partial charge in [0, 0.05) is 17.5 Å². The Morgan fingerprint density at radius 3 is 2.89 bits per heavy atom. The third-order valence-corrected chi connectivity index (χ3v) is 3.79. The van der Waals surface area contributed by atoms with Crippen LogP contribution in [-0.2, 0) is 0 Å². The van der Waals surface area contributed by atoms with E-state index in [9.17, 15) is 4.79 Å². The van der Waals surface area contributed by atoms with Crippen LogP contribution in [0.25, 0.3) is 11.0 Å². The van der Waals surface area contributed by atoms with Gasteiger partial charge in [-0.05, 0) is 43.4 Å². The summed E-state index contributed by atoms with van der Waals surface area (Å²) < 4.78 is 11.2. The molecule has 2 atom stereocenters. The summed E-state index contributed by atoms with van der Waals surface area (Å²) >= 11 is 0. The third kappa shape index (κ3) is 2.80. The first kappa shape index (κ1) is 12.3. The molecular weight excluding hydrogens is 240 g/mol. The number of ether oxygens (including phenoxy) is 1. The minimum atomic E-state index is -0.323. The van der Waals surface area contributed by atoms with E-state index in [2.05, 4.69) is 6.92 Å². The molecule has 1 aromatic carbocycles. The minimum Gasteiger partial charge on any atom is -0.490 e. The van der Waals surface area contributed by atoms with Gasteiger partial charge in [-0.3, -0.25) is 0 Å². The van der Waals surface area contributed by atoms with Crippen LogP contribution in [0.1, 0.15) is 32.6 Å². The minimum absolute atomic E-state index is 0.289. The van der Waals surface area contributed by atoms with Crippen molar-refractivity contribution in [3.63, 3.8) is 0 Å². The van der Waals surface area contributed by atoms with Gasteiger partial charge < -0.3 is 9.15 Å². The van der Waals surface area contributed by atoms with Crippen molar-refractivity contribution in [3.05, 3.63) is 40.8 Å². The molecule has 1 heterocycles. The van der Waals surface area contributed by atoms with Crippen LogP contribution in [0.15, 0.2) is 39.5 Å². The monoisotopic (exact) mass is 258 g/mol. The van der Waals surface area contributed by atoms with E-state index < -0.39 is 0 Å². The number of rotatable bonds is 2. The maximum Gasteiger partial charge on any atom is 0.336 e. The summed E-state index contributed by atoms with van der Waals surface area (Å²) in [6, 6.07) is 8.90. The molecule has 1 saturated carbocycles. The van der Waals surface area contributed by atoms with Crippen LogP contribution < -0.4 is 10.4 Å². The maximum absolute atomic E-state index is 11.2. The zero-order valence-corrected chi connectivity index (χ0v) is 11.1. The first-order valence-electron chi connectivity index (χ1n) is 6.91. The summed E-state index contributed by atoms with van der Waals surface area (Å²) in [5.74, 6) is 1.53. The third-order valence-electron chi connectivity index (χ3n) is 3.79. The van der Waals surface area contributed by atoms with E-state index in [0.29, 0.717) is 5.58 Å². The van der Waals surface area contributed by atoms with Crippen molar-refractivity contribution in [2.24, 2.45) is 5.92 Å². The average Bonchev–Trinajstić information content (AvgIpc) is 2.38. The van der Waals surface area contributed by atoms with Gasteiger partial charge in [-0.2, -0.15) is 0 Å². The quantitative estimate of drug-likeness (QED) is 0.770. The van der Waals surface area contributed by atoms with Gasteiger partial charge in [0.05, 0.1) is 6.10 Å². The molecule has 0 spiro atoms. The molecule has 0 amide bonds. The van der Waals surface area contributed by atoms with Gasteiger partial charge >= 0.3 is 5.63 Å². The van der Waals surface area contributed by atoms with Crippen LogP contribution >= 0.6 is 0 Å². The predicted octanol–water partition coefficient (Wildman–Crippen LogP) is 3.75. The number of hydrogen-bond acceptors (Lipinski definition) is 3. The number of benzene rings is 1. The molecule has 1 aliphatic rings. The van der Waals surface area contributed by atoms with Gasteiger partial charge in [0.1, 0.15) is 11.3 Å². The molecule has 3 heteroatoms. The zero-order chi connectivity index (χ0) is 13.2. The Kier molecular flexibility index (Phi) is 3.28. The van der Waals surface area contributed by atoms with Crippen LogP contribution in [0.2, 0.25) is 0 Å². The summed E-state index contributed by atoms with van der Waals surface area (Å²) in [7, 11) is 0. The van der Waals surface area contributed by atoms with Gasteiger partial charge in [0.25, 0.3) is 0 Å². The standard InChI is InChI=1S/C16H18O3/c1-11-3-2-4-13(9-11)18-14-7-5-12-6-8-16(17)19-15(12)10-14/h5-8,10-11,13H,2-4,9H2,1H3. The largest absolute Gasteiger partial charge is 0.490 e. The van der Waals surface area contributed by atoms with E-state index in [1.165, 1.54) is 18.9 Å². The van der Waals surface area contributed by atoms with Gasteiger partial charge in [0.15, 0.2) is 0 Å². The Bertz CT molecular complexity index is 629. The molecule has 0 bridgehead atoms. The molecule has 2 aromatic rings. The van der Waals surface area contributed by atoms with Crippen molar-refractivity contribution in [1.29, 1.82) is 0 Å². The molecular formula is C16H18O3. The Labute approximate surface area is 112 Å². The fraction of sp³-hybridized carbons (Fsp3) is 0.438. The lowest BCUT2D eigenvalue weighted by molar-refractivity contribution is 0.129. The van der Waals surface area contributed by atoms with Crippen LogP contribution in [-0.4, -0.2) is 6.10 Å². The van der Waals surface area contributed by atoms with Crippen molar-refractivity contribution >= 4 is 11.0 Å². The molecule has 1 fully saturated rings. The second-order valence-corrected chi connectivity index (χ2v) is 5.47. The summed E-state index contributed by atoms with van der Waals surface area (Å²) in [5.41, 5.74) is 0.268. The number of fused-ring (bicyclic) bond motifs is 1. The van der Waals surface area contributed by atoms with E-state index in [0.717, 1.165) is 29.9 Å². The van der Waals surface area contributed by atoms with Gasteiger partial charge in [-0.15, -0.1) is 0 Å². The van der Waals surface area contributed by atoms with Crippen molar-refractivity contribution < 1.29 is 9.15 Å². The molecule has 0 N–H and O–H groups in total.